The van der Waals surface area contributed by atoms with E-state index in [4.69, 9.17) is 10.00 Å². The molecule has 2 fully saturated rings. The molecule has 0 bridgehead atoms. The molecule has 5 rings (SSSR count). The van der Waals surface area contributed by atoms with E-state index in [2.05, 4.69) is 38.2 Å². The lowest BCUT2D eigenvalue weighted by Gasteiger charge is -2.37. The SMILES string of the molecule is CC.CN1CCCC1.COc1nc2c(c(N3CCNC(CC#N)C3)n1)CCN(c1cccc(F)c1C(F)(F)F)C2. The van der Waals surface area contributed by atoms with Crippen molar-refractivity contribution >= 4 is 11.5 Å². The molecule has 3 aliphatic heterocycles. The van der Waals surface area contributed by atoms with Crippen LogP contribution in [0.25, 0.3) is 0 Å². The number of hydrogen-bond acceptors (Lipinski definition) is 8. The van der Waals surface area contributed by atoms with Gasteiger partial charge in [-0.1, -0.05) is 19.9 Å². The maximum absolute atomic E-state index is 14.1. The lowest BCUT2D eigenvalue weighted by atomic mass is 10.0. The molecule has 1 N–H and O–H groups in total. The van der Waals surface area contributed by atoms with E-state index in [0.29, 0.717) is 44.0 Å². The zero-order valence-corrected chi connectivity index (χ0v) is 23.7. The molecule has 2 saturated heterocycles. The molecule has 2 aromatic rings. The van der Waals surface area contributed by atoms with Gasteiger partial charge >= 0.3 is 12.2 Å². The Morgan fingerprint density at radius 3 is 2.42 bits per heavy atom. The molecule has 8 nitrogen and oxygen atoms in total. The quantitative estimate of drug-likeness (QED) is 0.538. The number of likely N-dealkylation sites (tertiary alicyclic amines) is 1. The summed E-state index contributed by atoms with van der Waals surface area (Å²) in [6.07, 6.45) is -1.23. The average molecular weight is 566 g/mol. The number of rotatable bonds is 4. The lowest BCUT2D eigenvalue weighted by molar-refractivity contribution is -0.139. The van der Waals surface area contributed by atoms with E-state index in [9.17, 15) is 17.6 Å². The molecule has 0 saturated carbocycles. The number of nitriles is 1. The summed E-state index contributed by atoms with van der Waals surface area (Å²) in [6, 6.07) is 5.64. The molecule has 12 heteroatoms. The number of methoxy groups -OCH3 is 1. The van der Waals surface area contributed by atoms with Gasteiger partial charge in [-0.05, 0) is 51.5 Å². The number of nitrogens with zero attached hydrogens (tertiary/aromatic N) is 6. The molecule has 220 valence electrons. The highest BCUT2D eigenvalue weighted by molar-refractivity contribution is 5.59. The minimum atomic E-state index is -4.81. The van der Waals surface area contributed by atoms with Crippen LogP contribution in [0.5, 0.6) is 6.01 Å². The van der Waals surface area contributed by atoms with E-state index in [1.165, 1.54) is 50.1 Å². The van der Waals surface area contributed by atoms with Crippen LogP contribution in [0.4, 0.5) is 29.1 Å². The summed E-state index contributed by atoms with van der Waals surface area (Å²) in [4.78, 5) is 14.8. The smallest absolute Gasteiger partial charge is 0.421 e. The first-order valence-electron chi connectivity index (χ1n) is 13.8. The molecule has 4 heterocycles. The van der Waals surface area contributed by atoms with Crippen molar-refractivity contribution in [3.8, 4) is 12.1 Å². The maximum atomic E-state index is 14.1. The number of anilines is 2. The Bertz CT molecular complexity index is 1150. The van der Waals surface area contributed by atoms with E-state index in [0.717, 1.165) is 11.6 Å². The number of aromatic nitrogens is 2. The summed E-state index contributed by atoms with van der Waals surface area (Å²) in [6.45, 7) is 8.89. The van der Waals surface area contributed by atoms with Crippen LogP contribution >= 0.6 is 0 Å². The second-order valence-electron chi connectivity index (χ2n) is 9.73. The number of hydrogen-bond donors (Lipinski definition) is 1. The molecular formula is C28H39F4N7O. The van der Waals surface area contributed by atoms with Crippen LogP contribution in [0.2, 0.25) is 0 Å². The molecule has 1 atom stereocenters. The highest BCUT2D eigenvalue weighted by atomic mass is 19.4. The largest absolute Gasteiger partial charge is 0.467 e. The standard InChI is InChI=1S/C21H22F4N6O.C5H11N.C2H6/c1-32-20-28-16-12-30(17-4-2-3-15(22)18(17)21(23,24)25)9-6-14(16)19(29-20)31-10-8-27-13(11-31)5-7-26;1-6-4-2-3-5-6;1-2/h2-4,13,27H,5-6,8-12H2,1H3;2-5H2,1H3;1-2H3. The maximum Gasteiger partial charge on any atom is 0.421 e. The van der Waals surface area contributed by atoms with Gasteiger partial charge in [0, 0.05) is 37.8 Å². The van der Waals surface area contributed by atoms with E-state index < -0.39 is 17.6 Å². The molecular weight excluding hydrogens is 526 g/mol. The summed E-state index contributed by atoms with van der Waals surface area (Å²) in [5, 5.41) is 12.3. The zero-order chi connectivity index (χ0) is 29.3. The van der Waals surface area contributed by atoms with Gasteiger partial charge in [0.2, 0.25) is 0 Å². The molecule has 0 amide bonds. The number of piperazine rings is 1. The fraction of sp³-hybridized carbons (Fsp3) is 0.607. The van der Waals surface area contributed by atoms with Gasteiger partial charge in [-0.25, -0.2) is 4.39 Å². The first-order chi connectivity index (χ1) is 19.2. The normalized spacial score (nSPS) is 19.0. The van der Waals surface area contributed by atoms with Crippen molar-refractivity contribution in [1.82, 2.24) is 20.2 Å². The number of fused-ring (bicyclic) bond motifs is 1. The topological polar surface area (TPSA) is 80.5 Å². The van der Waals surface area contributed by atoms with Crippen LogP contribution in [-0.4, -0.2) is 74.3 Å². The fourth-order valence-corrected chi connectivity index (χ4v) is 5.14. The van der Waals surface area contributed by atoms with Gasteiger partial charge in [0.25, 0.3) is 0 Å². The van der Waals surface area contributed by atoms with Crippen molar-refractivity contribution in [2.24, 2.45) is 0 Å². The summed E-state index contributed by atoms with van der Waals surface area (Å²) >= 11 is 0. The third-order valence-corrected chi connectivity index (χ3v) is 7.04. The Kier molecular flexibility index (Phi) is 11.3. The highest BCUT2D eigenvalue weighted by Gasteiger charge is 2.39. The minimum absolute atomic E-state index is 0.00733. The van der Waals surface area contributed by atoms with Gasteiger partial charge in [-0.2, -0.15) is 28.4 Å². The number of nitrogens with one attached hydrogen (secondary N) is 1. The summed E-state index contributed by atoms with van der Waals surface area (Å²) in [7, 11) is 3.60. The number of alkyl halides is 3. The number of benzene rings is 1. The molecule has 0 aliphatic carbocycles. The van der Waals surface area contributed by atoms with Crippen LogP contribution < -0.4 is 19.9 Å². The monoisotopic (exact) mass is 565 g/mol. The van der Waals surface area contributed by atoms with Crippen molar-refractivity contribution in [3.63, 3.8) is 0 Å². The van der Waals surface area contributed by atoms with Crippen LogP contribution in [0.15, 0.2) is 18.2 Å². The van der Waals surface area contributed by atoms with Crippen LogP contribution in [0.1, 0.15) is 49.9 Å². The molecule has 3 aliphatic rings. The second-order valence-corrected chi connectivity index (χ2v) is 9.73. The number of halogens is 4. The third kappa shape index (κ3) is 7.73. The molecule has 0 spiro atoms. The van der Waals surface area contributed by atoms with E-state index >= 15 is 0 Å². The third-order valence-electron chi connectivity index (χ3n) is 7.04. The van der Waals surface area contributed by atoms with Crippen LogP contribution in [0, 0.1) is 17.1 Å². The second kappa shape index (κ2) is 14.5. The Balaban J connectivity index is 0.000000481. The number of ether oxygens (including phenoxy) is 1. The van der Waals surface area contributed by atoms with Gasteiger partial charge in [-0.15, -0.1) is 0 Å². The highest BCUT2D eigenvalue weighted by Crippen LogP contribution is 2.40. The molecule has 0 radical (unpaired) electrons. The lowest BCUT2D eigenvalue weighted by Crippen LogP contribution is -2.51. The predicted molar refractivity (Wildman–Crippen MR) is 147 cm³/mol. The first-order valence-corrected chi connectivity index (χ1v) is 13.8. The van der Waals surface area contributed by atoms with Crippen molar-refractivity contribution in [3.05, 3.63) is 40.8 Å². The molecule has 1 unspecified atom stereocenters. The Morgan fingerprint density at radius 2 is 1.82 bits per heavy atom. The summed E-state index contributed by atoms with van der Waals surface area (Å²) in [5.41, 5.74) is -0.0971. The Hall–Kier alpha value is -3.17. The average Bonchev–Trinajstić information content (AvgIpc) is 3.44. The van der Waals surface area contributed by atoms with Crippen LogP contribution in [-0.2, 0) is 19.1 Å². The van der Waals surface area contributed by atoms with E-state index in [1.54, 1.807) is 0 Å². The summed E-state index contributed by atoms with van der Waals surface area (Å²) in [5.74, 6) is -0.627. The van der Waals surface area contributed by atoms with Crippen LogP contribution in [0.3, 0.4) is 0 Å². The van der Waals surface area contributed by atoms with Crippen molar-refractivity contribution < 1.29 is 22.3 Å². The van der Waals surface area contributed by atoms with E-state index in [-0.39, 0.29) is 30.8 Å². The van der Waals surface area contributed by atoms with Gasteiger partial charge in [0.1, 0.15) is 17.2 Å². The first kappa shape index (κ1) is 31.4. The minimum Gasteiger partial charge on any atom is -0.467 e. The zero-order valence-electron chi connectivity index (χ0n) is 23.7. The Morgan fingerprint density at radius 1 is 1.10 bits per heavy atom. The Labute approximate surface area is 233 Å². The van der Waals surface area contributed by atoms with Gasteiger partial charge in [-0.3, -0.25) is 0 Å². The van der Waals surface area contributed by atoms with E-state index in [1.807, 2.05) is 13.8 Å². The van der Waals surface area contributed by atoms with Crippen molar-refractivity contribution in [2.45, 2.75) is 58.3 Å². The summed E-state index contributed by atoms with van der Waals surface area (Å²) < 4.78 is 60.0. The van der Waals surface area contributed by atoms with Gasteiger partial charge in [0.05, 0.1) is 37.5 Å². The molecule has 40 heavy (non-hydrogen) atoms. The molecule has 1 aromatic heterocycles. The molecule has 1 aromatic carbocycles. The van der Waals surface area contributed by atoms with Crippen molar-refractivity contribution in [1.29, 1.82) is 5.26 Å². The predicted octanol–water partition coefficient (Wildman–Crippen LogP) is 4.64. The van der Waals surface area contributed by atoms with Gasteiger partial charge in [0.15, 0.2) is 0 Å². The van der Waals surface area contributed by atoms with Crippen molar-refractivity contribution in [2.75, 3.05) is 63.2 Å². The fourth-order valence-electron chi connectivity index (χ4n) is 5.14. The van der Waals surface area contributed by atoms with Gasteiger partial charge < -0.3 is 24.8 Å².